The minimum Gasteiger partial charge on any atom is -0.497 e. The fourth-order valence-electron chi connectivity index (χ4n) is 2.53. The van der Waals surface area contributed by atoms with Crippen LogP contribution in [0.1, 0.15) is 27.2 Å². The first-order chi connectivity index (χ1) is 13.7. The molecule has 1 N–H and O–H groups in total. The molecule has 1 heterocycles. The fraction of sp³-hybridized carbons (Fsp3) is 0.500. The molecule has 2 aromatic rings. The Balaban J connectivity index is 1.94. The summed E-state index contributed by atoms with van der Waals surface area (Å²) in [5, 5.41) is 12.0. The average molecular weight is 421 g/mol. The maximum Gasteiger partial charge on any atom is 0.228 e. The molecule has 158 valence electrons. The Kier molecular flexibility index (Phi) is 8.10. The summed E-state index contributed by atoms with van der Waals surface area (Å²) in [4.78, 5) is 26.5. The van der Waals surface area contributed by atoms with Crippen molar-refractivity contribution >= 4 is 28.3 Å². The lowest BCUT2D eigenvalue weighted by Crippen LogP contribution is -2.42. The molecule has 1 aromatic heterocycles. The van der Waals surface area contributed by atoms with E-state index < -0.39 is 5.41 Å². The van der Waals surface area contributed by atoms with Crippen LogP contribution in [0.15, 0.2) is 24.3 Å². The van der Waals surface area contributed by atoms with Gasteiger partial charge in [0.2, 0.25) is 16.9 Å². The van der Waals surface area contributed by atoms with Gasteiger partial charge in [0.1, 0.15) is 10.8 Å². The van der Waals surface area contributed by atoms with E-state index in [9.17, 15) is 9.59 Å². The molecule has 0 fully saturated rings. The lowest BCUT2D eigenvalue weighted by molar-refractivity contribution is -0.140. The minimum absolute atomic E-state index is 0.0138. The van der Waals surface area contributed by atoms with Crippen LogP contribution in [0.4, 0.5) is 5.13 Å². The molecule has 29 heavy (non-hydrogen) atoms. The minimum atomic E-state index is -0.517. The molecular weight excluding hydrogens is 392 g/mol. The first-order valence-corrected chi connectivity index (χ1v) is 10.1. The molecule has 8 nitrogen and oxygen atoms in total. The van der Waals surface area contributed by atoms with E-state index in [0.717, 1.165) is 11.3 Å². The molecule has 1 aromatic carbocycles. The van der Waals surface area contributed by atoms with Gasteiger partial charge in [0.15, 0.2) is 0 Å². The van der Waals surface area contributed by atoms with Crippen LogP contribution < -0.4 is 10.1 Å². The van der Waals surface area contributed by atoms with Crippen molar-refractivity contribution in [3.05, 3.63) is 24.3 Å². The zero-order chi connectivity index (χ0) is 21.4. The second kappa shape index (κ2) is 10.3. The molecule has 0 saturated carbocycles. The van der Waals surface area contributed by atoms with Crippen LogP contribution in [0, 0.1) is 5.41 Å². The highest BCUT2D eigenvalue weighted by atomic mass is 32.1. The Morgan fingerprint density at radius 3 is 2.38 bits per heavy atom. The van der Waals surface area contributed by atoms with E-state index in [1.165, 1.54) is 11.3 Å². The number of hydrogen-bond donors (Lipinski definition) is 1. The molecule has 0 radical (unpaired) electrons. The summed E-state index contributed by atoms with van der Waals surface area (Å²) in [5.41, 5.74) is 0.377. The van der Waals surface area contributed by atoms with E-state index in [0.29, 0.717) is 29.8 Å². The Hall–Kier alpha value is -2.52. The number of hydrogen-bond acceptors (Lipinski definition) is 7. The van der Waals surface area contributed by atoms with E-state index in [-0.39, 0.29) is 18.2 Å². The summed E-state index contributed by atoms with van der Waals surface area (Å²) in [6.45, 7) is 6.76. The molecule has 2 amide bonds. The Labute approximate surface area is 175 Å². The van der Waals surface area contributed by atoms with Gasteiger partial charge in [0, 0.05) is 37.6 Å². The number of amides is 2. The standard InChI is InChI=1S/C20H28N4O4S/c1-20(2,3)18(26)24(12-13-27-4)11-10-16(25)21-19-23-22-17(29-19)14-6-8-15(28-5)9-7-14/h6-9H,10-13H2,1-5H3,(H,21,23,25). The molecule has 0 atom stereocenters. The monoisotopic (exact) mass is 420 g/mol. The third-order valence-corrected chi connectivity index (χ3v) is 5.00. The smallest absolute Gasteiger partial charge is 0.228 e. The summed E-state index contributed by atoms with van der Waals surface area (Å²) in [6.07, 6.45) is 0.170. The van der Waals surface area contributed by atoms with Gasteiger partial charge < -0.3 is 19.7 Å². The number of aromatic nitrogens is 2. The molecule has 0 aliphatic rings. The first-order valence-electron chi connectivity index (χ1n) is 9.30. The number of nitrogens with one attached hydrogen (secondary N) is 1. The number of rotatable bonds is 9. The van der Waals surface area contributed by atoms with Gasteiger partial charge in [-0.1, -0.05) is 32.1 Å². The van der Waals surface area contributed by atoms with Crippen LogP contribution in [0.3, 0.4) is 0 Å². The van der Waals surface area contributed by atoms with Gasteiger partial charge in [-0.3, -0.25) is 9.59 Å². The second-order valence-corrected chi connectivity index (χ2v) is 8.45. The van der Waals surface area contributed by atoms with Crippen molar-refractivity contribution in [2.45, 2.75) is 27.2 Å². The van der Waals surface area contributed by atoms with E-state index in [4.69, 9.17) is 9.47 Å². The molecule has 0 saturated heterocycles. The predicted molar refractivity (Wildman–Crippen MR) is 113 cm³/mol. The average Bonchev–Trinajstić information content (AvgIpc) is 3.15. The lowest BCUT2D eigenvalue weighted by atomic mass is 9.94. The summed E-state index contributed by atoms with van der Waals surface area (Å²) < 4.78 is 10.2. The zero-order valence-electron chi connectivity index (χ0n) is 17.5. The van der Waals surface area contributed by atoms with Crippen molar-refractivity contribution in [1.29, 1.82) is 0 Å². The van der Waals surface area contributed by atoms with Gasteiger partial charge in [-0.15, -0.1) is 10.2 Å². The van der Waals surface area contributed by atoms with Crippen LogP contribution in [0.5, 0.6) is 5.75 Å². The molecule has 0 bridgehead atoms. The maximum absolute atomic E-state index is 12.6. The molecule has 2 rings (SSSR count). The highest BCUT2D eigenvalue weighted by Crippen LogP contribution is 2.27. The number of methoxy groups -OCH3 is 2. The largest absolute Gasteiger partial charge is 0.497 e. The van der Waals surface area contributed by atoms with Crippen LogP contribution >= 0.6 is 11.3 Å². The fourth-order valence-corrected chi connectivity index (χ4v) is 3.30. The number of nitrogens with zero attached hydrogens (tertiary/aromatic N) is 3. The molecule has 0 unspecified atom stereocenters. The van der Waals surface area contributed by atoms with Gasteiger partial charge >= 0.3 is 0 Å². The van der Waals surface area contributed by atoms with E-state index in [1.807, 2.05) is 45.0 Å². The van der Waals surface area contributed by atoms with E-state index in [2.05, 4.69) is 15.5 Å². The van der Waals surface area contributed by atoms with Gasteiger partial charge in [0.05, 0.1) is 13.7 Å². The van der Waals surface area contributed by atoms with Crippen molar-refractivity contribution in [3.63, 3.8) is 0 Å². The number of ether oxygens (including phenoxy) is 2. The molecule has 0 spiro atoms. The van der Waals surface area contributed by atoms with Crippen LogP contribution in [0.2, 0.25) is 0 Å². The van der Waals surface area contributed by atoms with Gasteiger partial charge in [0.25, 0.3) is 0 Å². The summed E-state index contributed by atoms with van der Waals surface area (Å²) >= 11 is 1.29. The van der Waals surface area contributed by atoms with Crippen LogP contribution in [0.25, 0.3) is 10.6 Å². The maximum atomic E-state index is 12.6. The Morgan fingerprint density at radius 2 is 1.79 bits per heavy atom. The third kappa shape index (κ3) is 6.79. The van der Waals surface area contributed by atoms with Crippen molar-refractivity contribution < 1.29 is 19.1 Å². The SMILES string of the molecule is COCCN(CCC(=O)Nc1nnc(-c2ccc(OC)cc2)s1)C(=O)C(C)(C)C. The number of benzene rings is 1. The normalized spacial score (nSPS) is 11.2. The van der Waals surface area contributed by atoms with Crippen molar-refractivity contribution in [2.24, 2.45) is 5.41 Å². The van der Waals surface area contributed by atoms with Crippen molar-refractivity contribution in [1.82, 2.24) is 15.1 Å². The quantitative estimate of drug-likeness (QED) is 0.670. The molecule has 0 aliphatic carbocycles. The first kappa shape index (κ1) is 22.8. The summed E-state index contributed by atoms with van der Waals surface area (Å²) in [7, 11) is 3.20. The Bertz CT molecular complexity index is 815. The van der Waals surface area contributed by atoms with Crippen molar-refractivity contribution in [3.8, 4) is 16.3 Å². The van der Waals surface area contributed by atoms with E-state index >= 15 is 0 Å². The van der Waals surface area contributed by atoms with Gasteiger partial charge in [-0.05, 0) is 24.3 Å². The molecule has 9 heteroatoms. The third-order valence-electron chi connectivity index (χ3n) is 4.11. The topological polar surface area (TPSA) is 93.7 Å². The summed E-state index contributed by atoms with van der Waals surface area (Å²) in [5.74, 6) is 0.529. The van der Waals surface area contributed by atoms with E-state index in [1.54, 1.807) is 19.1 Å². The van der Waals surface area contributed by atoms with Gasteiger partial charge in [-0.25, -0.2) is 0 Å². The number of carbonyl (C=O) groups is 2. The van der Waals surface area contributed by atoms with Gasteiger partial charge in [-0.2, -0.15) is 0 Å². The highest BCUT2D eigenvalue weighted by molar-refractivity contribution is 7.18. The number of carbonyl (C=O) groups excluding carboxylic acids is 2. The lowest BCUT2D eigenvalue weighted by Gasteiger charge is -2.29. The second-order valence-electron chi connectivity index (χ2n) is 7.47. The van der Waals surface area contributed by atoms with Crippen LogP contribution in [-0.4, -0.2) is 60.8 Å². The zero-order valence-corrected chi connectivity index (χ0v) is 18.3. The molecular formula is C20H28N4O4S. The predicted octanol–water partition coefficient (Wildman–Crippen LogP) is 3.06. The van der Waals surface area contributed by atoms with Crippen LogP contribution in [-0.2, 0) is 14.3 Å². The number of anilines is 1. The van der Waals surface area contributed by atoms with Crippen molar-refractivity contribution in [2.75, 3.05) is 39.2 Å². The Morgan fingerprint density at radius 1 is 1.10 bits per heavy atom. The highest BCUT2D eigenvalue weighted by Gasteiger charge is 2.27. The molecule has 0 aliphatic heterocycles. The summed E-state index contributed by atoms with van der Waals surface area (Å²) in [6, 6.07) is 7.46.